The second-order valence-electron chi connectivity index (χ2n) is 8.50. The van der Waals surface area contributed by atoms with Crippen LogP contribution in [0.2, 0.25) is 0 Å². The lowest BCUT2D eigenvalue weighted by atomic mass is 9.59. The molecule has 130 valence electrons. The molecule has 1 fully saturated rings. The Labute approximate surface area is 145 Å². The van der Waals surface area contributed by atoms with Crippen molar-refractivity contribution in [1.29, 1.82) is 0 Å². The summed E-state index contributed by atoms with van der Waals surface area (Å²) in [4.78, 5) is 0. The van der Waals surface area contributed by atoms with Gasteiger partial charge in [0.15, 0.2) is 0 Å². The lowest BCUT2D eigenvalue weighted by molar-refractivity contribution is 0.00583. The fraction of sp³-hybridized carbons (Fsp3) is 0.636. The summed E-state index contributed by atoms with van der Waals surface area (Å²) in [7, 11) is 1.75. The highest BCUT2D eigenvalue weighted by molar-refractivity contribution is 5.75. The molecule has 0 bridgehead atoms. The minimum Gasteiger partial charge on any atom is -0.497 e. The van der Waals surface area contributed by atoms with E-state index in [1.807, 2.05) is 0 Å². The minimum atomic E-state index is -0.101. The van der Waals surface area contributed by atoms with Gasteiger partial charge in [-0.1, -0.05) is 25.5 Å². The van der Waals surface area contributed by atoms with Gasteiger partial charge in [-0.05, 0) is 85.6 Å². The number of benzene rings is 1. The Morgan fingerprint density at radius 2 is 2.04 bits per heavy atom. The van der Waals surface area contributed by atoms with Crippen LogP contribution < -0.4 is 4.74 Å². The maximum atomic E-state index is 10.8. The summed E-state index contributed by atoms with van der Waals surface area (Å²) in [5, 5.41) is 10.8. The number of rotatable bonds is 3. The zero-order valence-electron chi connectivity index (χ0n) is 15.3. The third-order valence-electron chi connectivity index (χ3n) is 6.82. The maximum Gasteiger partial charge on any atom is 0.119 e. The SMILES string of the molecule is COc1ccc2c(c1)CCC1=C2CC[C@]2(CC(C)C)[C@@H](O)CC[C@@H]12. The molecule has 0 radical (unpaired) electrons. The van der Waals surface area contributed by atoms with Gasteiger partial charge >= 0.3 is 0 Å². The van der Waals surface area contributed by atoms with Crippen molar-refractivity contribution in [1.82, 2.24) is 0 Å². The topological polar surface area (TPSA) is 29.5 Å². The minimum absolute atomic E-state index is 0.101. The van der Waals surface area contributed by atoms with Gasteiger partial charge in [0.05, 0.1) is 13.2 Å². The Balaban J connectivity index is 1.76. The molecule has 3 aliphatic carbocycles. The number of ether oxygens (including phenoxy) is 1. The van der Waals surface area contributed by atoms with Crippen LogP contribution >= 0.6 is 0 Å². The molecule has 2 heteroatoms. The standard InChI is InChI=1S/C22H30O2/c1-14(2)13-22-11-10-18-17-7-5-16(24-3)12-15(17)4-6-19(18)20(22)8-9-21(22)23/h5,7,12,14,20-21,23H,4,6,8-11,13H2,1-3H3/t20-,21-,22+/m0/s1. The van der Waals surface area contributed by atoms with E-state index in [2.05, 4.69) is 32.0 Å². The Hall–Kier alpha value is -1.28. The normalized spacial score (nSPS) is 31.7. The van der Waals surface area contributed by atoms with Gasteiger partial charge in [-0.3, -0.25) is 0 Å². The van der Waals surface area contributed by atoms with Crippen molar-refractivity contribution in [2.24, 2.45) is 17.3 Å². The molecule has 1 saturated carbocycles. The number of methoxy groups -OCH3 is 1. The van der Waals surface area contributed by atoms with E-state index >= 15 is 0 Å². The molecule has 0 saturated heterocycles. The van der Waals surface area contributed by atoms with E-state index in [9.17, 15) is 5.11 Å². The van der Waals surface area contributed by atoms with Gasteiger partial charge in [-0.25, -0.2) is 0 Å². The lowest BCUT2D eigenvalue weighted by Crippen LogP contribution is -2.41. The van der Waals surface area contributed by atoms with Crippen molar-refractivity contribution in [3.63, 3.8) is 0 Å². The van der Waals surface area contributed by atoms with Crippen LogP contribution in [-0.4, -0.2) is 18.3 Å². The quantitative estimate of drug-likeness (QED) is 0.847. The predicted octanol–water partition coefficient (Wildman–Crippen LogP) is 4.99. The summed E-state index contributed by atoms with van der Waals surface area (Å²) in [6.45, 7) is 4.62. The van der Waals surface area contributed by atoms with Crippen LogP contribution in [0.3, 0.4) is 0 Å². The molecule has 3 atom stereocenters. The van der Waals surface area contributed by atoms with E-state index in [4.69, 9.17) is 4.74 Å². The number of aliphatic hydroxyl groups is 1. The fourth-order valence-electron chi connectivity index (χ4n) is 5.96. The molecule has 3 aliphatic rings. The van der Waals surface area contributed by atoms with Crippen LogP contribution in [0.4, 0.5) is 0 Å². The highest BCUT2D eigenvalue weighted by Crippen LogP contribution is 2.60. The number of hydrogen-bond donors (Lipinski definition) is 1. The second-order valence-corrected chi connectivity index (χ2v) is 8.50. The van der Waals surface area contributed by atoms with Gasteiger partial charge in [0.1, 0.15) is 5.75 Å². The third-order valence-corrected chi connectivity index (χ3v) is 6.82. The zero-order valence-corrected chi connectivity index (χ0v) is 15.3. The monoisotopic (exact) mass is 326 g/mol. The molecule has 24 heavy (non-hydrogen) atoms. The molecule has 2 nitrogen and oxygen atoms in total. The number of aliphatic hydroxyl groups excluding tert-OH is 1. The molecule has 0 heterocycles. The fourth-order valence-corrected chi connectivity index (χ4v) is 5.96. The molecule has 1 aromatic carbocycles. The number of allylic oxidation sites excluding steroid dienone is 2. The van der Waals surface area contributed by atoms with Crippen molar-refractivity contribution in [2.45, 2.75) is 64.9 Å². The van der Waals surface area contributed by atoms with Crippen molar-refractivity contribution in [3.8, 4) is 5.75 Å². The number of aryl methyl sites for hydroxylation is 1. The van der Waals surface area contributed by atoms with Crippen LogP contribution in [-0.2, 0) is 6.42 Å². The predicted molar refractivity (Wildman–Crippen MR) is 98.1 cm³/mol. The highest BCUT2D eigenvalue weighted by Gasteiger charge is 2.53. The average Bonchev–Trinajstić information content (AvgIpc) is 2.90. The Bertz CT molecular complexity index is 673. The summed E-state index contributed by atoms with van der Waals surface area (Å²) < 4.78 is 5.41. The van der Waals surface area contributed by atoms with E-state index in [0.717, 1.165) is 31.4 Å². The van der Waals surface area contributed by atoms with E-state index in [1.54, 1.807) is 18.3 Å². The second kappa shape index (κ2) is 5.91. The van der Waals surface area contributed by atoms with Crippen molar-refractivity contribution >= 4 is 5.57 Å². The summed E-state index contributed by atoms with van der Waals surface area (Å²) in [5.41, 5.74) is 6.32. The van der Waals surface area contributed by atoms with E-state index in [-0.39, 0.29) is 11.5 Å². The Kier molecular flexibility index (Phi) is 3.99. The first-order valence-corrected chi connectivity index (χ1v) is 9.62. The zero-order chi connectivity index (χ0) is 16.9. The maximum absolute atomic E-state index is 10.8. The molecule has 1 aromatic rings. The van der Waals surface area contributed by atoms with Crippen LogP contribution in [0, 0.1) is 17.3 Å². The molecule has 0 unspecified atom stereocenters. The average molecular weight is 326 g/mol. The molecule has 0 amide bonds. The van der Waals surface area contributed by atoms with Gasteiger partial charge < -0.3 is 9.84 Å². The van der Waals surface area contributed by atoms with Crippen molar-refractivity contribution in [3.05, 3.63) is 34.9 Å². The van der Waals surface area contributed by atoms with Crippen LogP contribution in [0.15, 0.2) is 23.8 Å². The molecule has 0 spiro atoms. The molecule has 1 N–H and O–H groups in total. The van der Waals surface area contributed by atoms with E-state index in [1.165, 1.54) is 30.4 Å². The first-order valence-electron chi connectivity index (χ1n) is 9.62. The number of hydrogen-bond acceptors (Lipinski definition) is 2. The summed E-state index contributed by atoms with van der Waals surface area (Å²) >= 11 is 0. The Morgan fingerprint density at radius 3 is 2.79 bits per heavy atom. The van der Waals surface area contributed by atoms with E-state index < -0.39 is 0 Å². The van der Waals surface area contributed by atoms with Gasteiger partial charge in [0, 0.05) is 5.41 Å². The first-order chi connectivity index (χ1) is 11.5. The summed E-state index contributed by atoms with van der Waals surface area (Å²) in [5.74, 6) is 2.23. The van der Waals surface area contributed by atoms with Gasteiger partial charge in [-0.2, -0.15) is 0 Å². The highest BCUT2D eigenvalue weighted by atomic mass is 16.5. The van der Waals surface area contributed by atoms with Crippen LogP contribution in [0.5, 0.6) is 5.75 Å². The van der Waals surface area contributed by atoms with Gasteiger partial charge in [0.2, 0.25) is 0 Å². The molecule has 0 aliphatic heterocycles. The molecular formula is C22H30O2. The smallest absolute Gasteiger partial charge is 0.119 e. The van der Waals surface area contributed by atoms with Crippen LogP contribution in [0.1, 0.15) is 63.5 Å². The third kappa shape index (κ3) is 2.34. The Morgan fingerprint density at radius 1 is 1.21 bits per heavy atom. The van der Waals surface area contributed by atoms with Gasteiger partial charge in [-0.15, -0.1) is 0 Å². The van der Waals surface area contributed by atoms with Crippen molar-refractivity contribution in [2.75, 3.05) is 7.11 Å². The number of fused-ring (bicyclic) bond motifs is 4. The van der Waals surface area contributed by atoms with Crippen molar-refractivity contribution < 1.29 is 9.84 Å². The van der Waals surface area contributed by atoms with Gasteiger partial charge in [0.25, 0.3) is 0 Å². The van der Waals surface area contributed by atoms with Crippen LogP contribution in [0.25, 0.3) is 5.57 Å². The summed E-state index contributed by atoms with van der Waals surface area (Å²) in [6.07, 6.45) is 7.82. The lowest BCUT2D eigenvalue weighted by Gasteiger charge is -2.46. The molecule has 0 aromatic heterocycles. The molecular weight excluding hydrogens is 296 g/mol. The largest absolute Gasteiger partial charge is 0.497 e. The summed E-state index contributed by atoms with van der Waals surface area (Å²) in [6, 6.07) is 6.59. The first kappa shape index (κ1) is 16.2. The van der Waals surface area contributed by atoms with E-state index in [0.29, 0.717) is 11.8 Å². The molecule has 4 rings (SSSR count).